The molecule has 3 atom stereocenters. The van der Waals surface area contributed by atoms with Crippen LogP contribution in [0.25, 0.3) is 0 Å². The number of carbonyl (C=O) groups is 1. The summed E-state index contributed by atoms with van der Waals surface area (Å²) in [5, 5.41) is 2.71. The van der Waals surface area contributed by atoms with Gasteiger partial charge in [-0.05, 0) is 20.3 Å². The molecule has 0 aliphatic rings. The van der Waals surface area contributed by atoms with Crippen molar-refractivity contribution in [3.05, 3.63) is 0 Å². The molecule has 2 N–H and O–H groups in total. The number of amides is 1. The first kappa shape index (κ1) is 36.5. The van der Waals surface area contributed by atoms with Crippen LogP contribution in [0.5, 0.6) is 0 Å². The van der Waals surface area contributed by atoms with E-state index < -0.39 is 20.2 Å². The number of phosphoric ester groups is 1. The third-order valence-electron chi connectivity index (χ3n) is 6.43. The summed E-state index contributed by atoms with van der Waals surface area (Å²) in [5.41, 5.74) is 0. The molecule has 3 unspecified atom stereocenters. The number of rotatable bonds is 26. The highest BCUT2D eigenvalue weighted by Gasteiger charge is 2.32. The van der Waals surface area contributed by atoms with Gasteiger partial charge in [0.05, 0.1) is 27.2 Å². The van der Waals surface area contributed by atoms with E-state index in [1.54, 1.807) is 6.92 Å². The molecule has 0 heterocycles. The van der Waals surface area contributed by atoms with Crippen LogP contribution in [0, 0.1) is 0 Å². The number of quaternary nitrogens is 1. The topological polar surface area (TPSA) is 94.1 Å². The van der Waals surface area contributed by atoms with Crippen molar-refractivity contribution < 1.29 is 32.5 Å². The molecular weight excluding hydrogens is 491 g/mol. The third kappa shape index (κ3) is 24.3. The maximum Gasteiger partial charge on any atom is 0.474 e. The molecule has 9 heteroatoms. The fourth-order valence-electron chi connectivity index (χ4n) is 4.07. The van der Waals surface area contributed by atoms with E-state index in [4.69, 9.17) is 13.8 Å². The van der Waals surface area contributed by atoms with E-state index in [2.05, 4.69) is 12.2 Å². The Bertz CT molecular complexity index is 600. The second kappa shape index (κ2) is 22.3. The summed E-state index contributed by atoms with van der Waals surface area (Å²) >= 11 is 0. The summed E-state index contributed by atoms with van der Waals surface area (Å²) in [6.07, 6.45) is 17.8. The number of hydrogen-bond acceptors (Lipinski definition) is 5. The molecule has 0 spiro atoms. The Morgan fingerprint density at radius 2 is 1.30 bits per heavy atom. The first-order chi connectivity index (χ1) is 17.5. The molecule has 37 heavy (non-hydrogen) atoms. The lowest BCUT2D eigenvalue weighted by Gasteiger charge is -2.27. The molecule has 0 aliphatic carbocycles. The quantitative estimate of drug-likeness (QED) is 0.0523. The van der Waals surface area contributed by atoms with Crippen LogP contribution in [0.1, 0.15) is 124 Å². The smallest absolute Gasteiger partial charge is 0.374 e. The van der Waals surface area contributed by atoms with E-state index in [9.17, 15) is 14.3 Å². The lowest BCUT2D eigenvalue weighted by molar-refractivity contribution is -0.870. The van der Waals surface area contributed by atoms with Crippen molar-refractivity contribution in [2.45, 2.75) is 136 Å². The zero-order chi connectivity index (χ0) is 28.0. The van der Waals surface area contributed by atoms with Crippen molar-refractivity contribution >= 4 is 13.7 Å². The molecular formula is C28H60N2O6P+. The first-order valence-corrected chi connectivity index (χ1v) is 16.4. The van der Waals surface area contributed by atoms with E-state index in [0.29, 0.717) is 24.1 Å². The van der Waals surface area contributed by atoms with Gasteiger partial charge in [0.1, 0.15) is 13.2 Å². The van der Waals surface area contributed by atoms with Gasteiger partial charge in [-0.15, -0.1) is 0 Å². The normalized spacial score (nSPS) is 15.3. The second-order valence-corrected chi connectivity index (χ2v) is 12.7. The predicted molar refractivity (Wildman–Crippen MR) is 152 cm³/mol. The van der Waals surface area contributed by atoms with Crippen LogP contribution in [-0.4, -0.2) is 68.5 Å². The van der Waals surface area contributed by atoms with Gasteiger partial charge in [0.25, 0.3) is 0 Å². The van der Waals surface area contributed by atoms with Crippen molar-refractivity contribution in [3.63, 3.8) is 0 Å². The van der Waals surface area contributed by atoms with Crippen LogP contribution < -0.4 is 5.32 Å². The maximum atomic E-state index is 12.5. The minimum atomic E-state index is -4.34. The Labute approximate surface area is 228 Å². The van der Waals surface area contributed by atoms with Gasteiger partial charge in [0.15, 0.2) is 6.23 Å². The average Bonchev–Trinajstić information content (AvgIpc) is 2.80. The number of phosphoric acid groups is 1. The molecule has 0 radical (unpaired) electrons. The van der Waals surface area contributed by atoms with E-state index in [1.165, 1.54) is 77.0 Å². The summed E-state index contributed by atoms with van der Waals surface area (Å²) in [6, 6.07) is 0. The molecule has 222 valence electrons. The fraction of sp³-hybridized carbons (Fsp3) is 0.964. The van der Waals surface area contributed by atoms with E-state index in [-0.39, 0.29) is 12.5 Å². The largest absolute Gasteiger partial charge is 0.474 e. The number of nitrogens with zero attached hydrogens (tertiary/aromatic N) is 1. The van der Waals surface area contributed by atoms with Gasteiger partial charge < -0.3 is 19.4 Å². The molecule has 0 aromatic carbocycles. The van der Waals surface area contributed by atoms with Crippen molar-refractivity contribution in [3.8, 4) is 0 Å². The van der Waals surface area contributed by atoms with Gasteiger partial charge in [0.2, 0.25) is 5.91 Å². The second-order valence-electron chi connectivity index (χ2n) is 11.3. The Morgan fingerprint density at radius 3 is 1.73 bits per heavy atom. The van der Waals surface area contributed by atoms with Crippen LogP contribution in [0.4, 0.5) is 0 Å². The van der Waals surface area contributed by atoms with E-state index in [0.717, 1.165) is 19.3 Å². The number of unbranched alkanes of at least 4 members (excludes halogenated alkanes) is 14. The first-order valence-electron chi connectivity index (χ1n) is 14.9. The highest BCUT2D eigenvalue weighted by Crippen LogP contribution is 2.44. The predicted octanol–water partition coefficient (Wildman–Crippen LogP) is 6.96. The molecule has 0 bridgehead atoms. The minimum absolute atomic E-state index is 0.0695. The van der Waals surface area contributed by atoms with Crippen LogP contribution in [0.3, 0.4) is 0 Å². The number of likely N-dealkylation sites (N-methyl/N-ethyl adjacent to an activating group) is 1. The van der Waals surface area contributed by atoms with Gasteiger partial charge in [-0.1, -0.05) is 96.8 Å². The number of carbonyl (C=O) groups excluding carboxylic acids is 1. The summed E-state index contributed by atoms with van der Waals surface area (Å²) in [5.74, 6) is -0.211. The summed E-state index contributed by atoms with van der Waals surface area (Å²) in [4.78, 5) is 22.6. The zero-order valence-electron chi connectivity index (χ0n) is 25.0. The van der Waals surface area contributed by atoms with Crippen molar-refractivity contribution in [1.29, 1.82) is 0 Å². The van der Waals surface area contributed by atoms with Gasteiger partial charge in [-0.3, -0.25) is 13.8 Å². The summed E-state index contributed by atoms with van der Waals surface area (Å²) in [6.45, 7) is 6.80. The number of hydrogen-bond donors (Lipinski definition) is 2. The zero-order valence-corrected chi connectivity index (χ0v) is 25.9. The highest BCUT2D eigenvalue weighted by atomic mass is 31.2. The number of ether oxygens (including phenoxy) is 1. The van der Waals surface area contributed by atoms with Gasteiger partial charge in [-0.2, -0.15) is 0 Å². The Hall–Kier alpha value is -0.500. The van der Waals surface area contributed by atoms with E-state index in [1.807, 2.05) is 28.1 Å². The molecule has 0 saturated carbocycles. The molecule has 8 nitrogen and oxygen atoms in total. The van der Waals surface area contributed by atoms with E-state index >= 15 is 0 Å². The summed E-state index contributed by atoms with van der Waals surface area (Å²) < 4.78 is 28.9. The van der Waals surface area contributed by atoms with Crippen molar-refractivity contribution in [1.82, 2.24) is 5.32 Å². The Morgan fingerprint density at radius 1 is 0.838 bits per heavy atom. The highest BCUT2D eigenvalue weighted by molar-refractivity contribution is 7.47. The molecule has 0 aromatic heterocycles. The monoisotopic (exact) mass is 551 g/mol. The molecule has 1 amide bonds. The molecule has 0 saturated heterocycles. The Kier molecular flexibility index (Phi) is 22.0. The fourth-order valence-corrected chi connectivity index (χ4v) is 4.96. The SMILES string of the molecule is CCCCCCCCCCCCCCCCCC(=O)NC(OP(=O)(O)OCC[N+](C)(C)C)C(C)OCC. The minimum Gasteiger partial charge on any atom is -0.374 e. The van der Waals surface area contributed by atoms with Crippen LogP contribution in [0.2, 0.25) is 0 Å². The maximum absolute atomic E-state index is 12.5. The van der Waals surface area contributed by atoms with Gasteiger partial charge in [-0.25, -0.2) is 4.57 Å². The molecule has 0 aromatic rings. The van der Waals surface area contributed by atoms with Gasteiger partial charge >= 0.3 is 7.82 Å². The van der Waals surface area contributed by atoms with Crippen LogP contribution in [-0.2, 0) is 23.1 Å². The number of nitrogens with one attached hydrogen (secondary N) is 1. The molecule has 0 fully saturated rings. The lowest BCUT2D eigenvalue weighted by Crippen LogP contribution is -2.44. The van der Waals surface area contributed by atoms with Crippen molar-refractivity contribution in [2.75, 3.05) is 40.9 Å². The van der Waals surface area contributed by atoms with Crippen molar-refractivity contribution in [2.24, 2.45) is 0 Å². The summed E-state index contributed by atoms with van der Waals surface area (Å²) in [7, 11) is 1.55. The molecule has 0 rings (SSSR count). The average molecular weight is 552 g/mol. The standard InChI is InChI=1S/C28H59N2O6P/c1-7-9-10-11-12-13-14-15-16-17-18-19-20-21-22-23-27(31)29-28(26(3)34-8-2)36-37(32,33)35-25-24-30(4,5)6/h26,28H,7-25H2,1-6H3,(H-,29,31,32,33)/p+1. The van der Waals surface area contributed by atoms with Crippen LogP contribution >= 0.6 is 7.82 Å². The lowest BCUT2D eigenvalue weighted by atomic mass is 10.0. The Balaban J connectivity index is 4.04. The molecule has 0 aliphatic heterocycles. The van der Waals surface area contributed by atoms with Crippen LogP contribution in [0.15, 0.2) is 0 Å². The third-order valence-corrected chi connectivity index (χ3v) is 7.43. The van der Waals surface area contributed by atoms with Gasteiger partial charge in [0, 0.05) is 13.0 Å².